The zero-order chi connectivity index (χ0) is 24.5. The zero-order valence-electron chi connectivity index (χ0n) is 22.0. The third kappa shape index (κ3) is 5.21. The monoisotopic (exact) mass is 462 g/mol. The fourth-order valence-corrected chi connectivity index (χ4v) is 6.81. The molecule has 32 heavy (non-hydrogen) atoms. The van der Waals surface area contributed by atoms with Gasteiger partial charge in [-0.05, 0) is 76.1 Å². The second-order valence-corrected chi connectivity index (χ2v) is 16.3. The Labute approximate surface area is 197 Å². The molecular weight excluding hydrogens is 416 g/mol. The van der Waals surface area contributed by atoms with Crippen molar-refractivity contribution in [2.75, 3.05) is 13.9 Å². The molecule has 2 aliphatic rings. The quantitative estimate of drug-likeness (QED) is 0.154. The molecule has 182 valence electrons. The van der Waals surface area contributed by atoms with E-state index in [-0.39, 0.29) is 41.2 Å². The maximum absolute atomic E-state index is 11.9. The van der Waals surface area contributed by atoms with Crippen molar-refractivity contribution in [1.29, 1.82) is 0 Å². The van der Waals surface area contributed by atoms with E-state index < -0.39 is 8.32 Å². The lowest BCUT2D eigenvalue weighted by Gasteiger charge is -2.54. The summed E-state index contributed by atoms with van der Waals surface area (Å²) in [6.07, 6.45) is 5.59. The topological polar surface area (TPSA) is 44.8 Å². The predicted molar refractivity (Wildman–Crippen MR) is 135 cm³/mol. The van der Waals surface area contributed by atoms with Gasteiger partial charge >= 0.3 is 0 Å². The molecule has 2 bridgehead atoms. The van der Waals surface area contributed by atoms with Gasteiger partial charge < -0.3 is 13.9 Å². The molecule has 2 aliphatic carbocycles. The molecule has 0 spiro atoms. The smallest absolute Gasteiger partial charge is 0.192 e. The Bertz CT molecular complexity index is 760. The fraction of sp³-hybridized carbons (Fsp3) is 0.741. The van der Waals surface area contributed by atoms with Gasteiger partial charge in [-0.2, -0.15) is 0 Å². The van der Waals surface area contributed by atoms with Crippen molar-refractivity contribution in [3.63, 3.8) is 0 Å². The number of ether oxygens (including phenoxy) is 2. The normalized spacial score (nSPS) is 29.8. The summed E-state index contributed by atoms with van der Waals surface area (Å²) >= 11 is 0. The van der Waals surface area contributed by atoms with E-state index in [1.54, 1.807) is 14.0 Å². The summed E-state index contributed by atoms with van der Waals surface area (Å²) in [5.41, 5.74) is 2.97. The van der Waals surface area contributed by atoms with E-state index in [0.29, 0.717) is 12.3 Å². The SMILES string of the molecule is C=C(C)C1CC[C@H]2C(=C)C[C@]1([C@@H](C/C=C(\C)C(C)=O)OCOC)[C@H]2O[Si](C)(C)C(C)(C)C. The maximum atomic E-state index is 11.9. The van der Waals surface area contributed by atoms with E-state index in [2.05, 4.69) is 53.9 Å². The van der Waals surface area contributed by atoms with Crippen LogP contribution in [0.15, 0.2) is 36.0 Å². The number of hydrogen-bond acceptors (Lipinski definition) is 4. The number of allylic oxidation sites excluding steroid dienone is 2. The molecular formula is C27H46O4Si. The highest BCUT2D eigenvalue weighted by molar-refractivity contribution is 6.74. The first-order valence-corrected chi connectivity index (χ1v) is 14.9. The van der Waals surface area contributed by atoms with Crippen LogP contribution in [-0.2, 0) is 18.7 Å². The molecule has 2 rings (SSSR count). The van der Waals surface area contributed by atoms with Crippen LogP contribution in [-0.4, -0.2) is 40.2 Å². The number of methoxy groups -OCH3 is 1. The molecule has 0 radical (unpaired) electrons. The Kier molecular flexibility index (Phi) is 8.58. The molecule has 0 aliphatic heterocycles. The second-order valence-electron chi connectivity index (χ2n) is 11.6. The average molecular weight is 463 g/mol. The minimum absolute atomic E-state index is 0.0410. The van der Waals surface area contributed by atoms with Crippen molar-refractivity contribution < 1.29 is 18.7 Å². The molecule has 4 nitrogen and oxygen atoms in total. The summed E-state index contributed by atoms with van der Waals surface area (Å²) in [5.74, 6) is 0.711. The van der Waals surface area contributed by atoms with E-state index in [0.717, 1.165) is 24.8 Å². The van der Waals surface area contributed by atoms with Crippen LogP contribution < -0.4 is 0 Å². The first-order valence-electron chi connectivity index (χ1n) is 12.0. The minimum Gasteiger partial charge on any atom is -0.413 e. The van der Waals surface area contributed by atoms with Crippen LogP contribution in [0.2, 0.25) is 18.1 Å². The van der Waals surface area contributed by atoms with Gasteiger partial charge in [-0.3, -0.25) is 4.79 Å². The first kappa shape index (κ1) is 27.2. The van der Waals surface area contributed by atoms with Crippen LogP contribution >= 0.6 is 0 Å². The maximum Gasteiger partial charge on any atom is 0.192 e. The molecule has 1 unspecified atom stereocenters. The second kappa shape index (κ2) is 10.1. The zero-order valence-corrected chi connectivity index (χ0v) is 23.0. The Morgan fingerprint density at radius 2 is 1.88 bits per heavy atom. The average Bonchev–Trinajstić information content (AvgIpc) is 2.82. The Hall–Kier alpha value is -1.01. The lowest BCUT2D eigenvalue weighted by atomic mass is 9.60. The third-order valence-electron chi connectivity index (χ3n) is 8.37. The molecule has 0 aromatic rings. The summed E-state index contributed by atoms with van der Waals surface area (Å²) in [4.78, 5) is 11.9. The lowest BCUT2D eigenvalue weighted by molar-refractivity contribution is -0.166. The van der Waals surface area contributed by atoms with Crippen LogP contribution in [0.3, 0.4) is 0 Å². The van der Waals surface area contributed by atoms with Crippen molar-refractivity contribution in [2.24, 2.45) is 17.3 Å². The summed E-state index contributed by atoms with van der Waals surface area (Å²) in [7, 11) is -0.389. The fourth-order valence-electron chi connectivity index (χ4n) is 5.44. The molecule has 5 heteroatoms. The van der Waals surface area contributed by atoms with Crippen LogP contribution in [0.1, 0.15) is 67.2 Å². The number of carbonyl (C=O) groups is 1. The van der Waals surface area contributed by atoms with Crippen molar-refractivity contribution >= 4 is 14.1 Å². The molecule has 0 heterocycles. The van der Waals surface area contributed by atoms with Crippen molar-refractivity contribution in [3.8, 4) is 0 Å². The highest BCUT2D eigenvalue weighted by atomic mass is 28.4. The number of hydrogen-bond donors (Lipinski definition) is 0. The first-order chi connectivity index (χ1) is 14.7. The van der Waals surface area contributed by atoms with Crippen molar-refractivity contribution in [1.82, 2.24) is 0 Å². The number of rotatable bonds is 10. The van der Waals surface area contributed by atoms with Crippen LogP contribution in [0.25, 0.3) is 0 Å². The molecule has 0 aromatic carbocycles. The summed E-state index contributed by atoms with van der Waals surface area (Å²) in [6, 6.07) is 0. The minimum atomic E-state index is -2.04. The molecule has 0 N–H and O–H groups in total. The van der Waals surface area contributed by atoms with E-state index in [4.69, 9.17) is 13.9 Å². The van der Waals surface area contributed by atoms with Gasteiger partial charge in [-0.15, -0.1) is 0 Å². The van der Waals surface area contributed by atoms with Crippen LogP contribution in [0.5, 0.6) is 0 Å². The van der Waals surface area contributed by atoms with E-state index in [9.17, 15) is 4.79 Å². The number of ketones is 1. The molecule has 0 saturated heterocycles. The van der Waals surface area contributed by atoms with Gasteiger partial charge in [-0.1, -0.05) is 51.2 Å². The Morgan fingerprint density at radius 3 is 2.38 bits per heavy atom. The number of carbonyl (C=O) groups excluding carboxylic acids is 1. The molecule has 2 fully saturated rings. The lowest BCUT2D eigenvalue weighted by Crippen LogP contribution is -2.58. The summed E-state index contributed by atoms with van der Waals surface area (Å²) < 4.78 is 19.0. The van der Waals surface area contributed by atoms with Gasteiger partial charge in [0.1, 0.15) is 6.79 Å². The van der Waals surface area contributed by atoms with Gasteiger partial charge in [0, 0.05) is 18.4 Å². The van der Waals surface area contributed by atoms with E-state index in [1.807, 2.05) is 13.0 Å². The molecule has 0 amide bonds. The van der Waals surface area contributed by atoms with Gasteiger partial charge in [0.25, 0.3) is 0 Å². The van der Waals surface area contributed by atoms with Crippen molar-refractivity contribution in [3.05, 3.63) is 36.0 Å². The molecule has 0 aromatic heterocycles. The van der Waals surface area contributed by atoms with Crippen LogP contribution in [0, 0.1) is 17.3 Å². The Morgan fingerprint density at radius 1 is 1.25 bits per heavy atom. The summed E-state index contributed by atoms with van der Waals surface area (Å²) in [6.45, 7) is 26.3. The van der Waals surface area contributed by atoms with Gasteiger partial charge in [0.05, 0.1) is 12.2 Å². The molecule has 2 saturated carbocycles. The number of fused-ring (bicyclic) bond motifs is 2. The van der Waals surface area contributed by atoms with Gasteiger partial charge in [0.15, 0.2) is 14.1 Å². The highest BCUT2D eigenvalue weighted by Gasteiger charge is 2.63. The predicted octanol–water partition coefficient (Wildman–Crippen LogP) is 6.84. The standard InChI is InChI=1S/C27H46O4Si/c1-18(2)23-14-13-22-20(4)16-27(23,25(22)31-32(10,11)26(6,7)8)24(30-17-29-9)15-12-19(3)21(5)28/h12,22-25H,1,4,13-17H2,2-3,5-11H3/b19-12+/t22-,23?,24+,25-,27-/m0/s1. The third-order valence-corrected chi connectivity index (χ3v) is 12.8. The largest absolute Gasteiger partial charge is 0.413 e. The van der Waals surface area contributed by atoms with E-state index >= 15 is 0 Å². The van der Waals surface area contributed by atoms with Gasteiger partial charge in [0.2, 0.25) is 0 Å². The number of Topliss-reactive ketones (excluding diaryl/α,β-unsaturated/α-hetero) is 1. The van der Waals surface area contributed by atoms with E-state index in [1.165, 1.54) is 11.1 Å². The highest BCUT2D eigenvalue weighted by Crippen LogP contribution is 2.63. The molecule has 5 atom stereocenters. The Balaban J connectivity index is 2.62. The van der Waals surface area contributed by atoms with Crippen LogP contribution in [0.4, 0.5) is 0 Å². The van der Waals surface area contributed by atoms with Gasteiger partial charge in [-0.25, -0.2) is 0 Å². The van der Waals surface area contributed by atoms with Crippen molar-refractivity contribution in [2.45, 2.75) is 97.6 Å². The summed E-state index contributed by atoms with van der Waals surface area (Å²) in [5, 5.41) is 0.110.